The lowest BCUT2D eigenvalue weighted by Crippen LogP contribution is -2.43. The van der Waals surface area contributed by atoms with Crippen LogP contribution in [-0.4, -0.2) is 17.3 Å². The Morgan fingerprint density at radius 1 is 1.47 bits per heavy atom. The summed E-state index contributed by atoms with van der Waals surface area (Å²) in [6.07, 6.45) is 1.71. The van der Waals surface area contributed by atoms with Crippen molar-refractivity contribution in [2.75, 3.05) is 0 Å². The van der Waals surface area contributed by atoms with Crippen LogP contribution in [0.4, 0.5) is 0 Å². The van der Waals surface area contributed by atoms with Gasteiger partial charge in [-0.1, -0.05) is 28.1 Å². The molecule has 1 aromatic rings. The van der Waals surface area contributed by atoms with Gasteiger partial charge in [0, 0.05) is 17.1 Å². The summed E-state index contributed by atoms with van der Waals surface area (Å²) in [6.45, 7) is 2.96. The summed E-state index contributed by atoms with van der Waals surface area (Å²) in [5.74, 6) is 0. The fourth-order valence-corrected chi connectivity index (χ4v) is 2.44. The van der Waals surface area contributed by atoms with E-state index < -0.39 is 0 Å². The second-order valence-corrected chi connectivity index (χ2v) is 5.15. The molecule has 3 heteroatoms. The van der Waals surface area contributed by atoms with E-state index in [9.17, 15) is 0 Å². The molecular formula is C12H16BrNO. The number of hydrogen-bond acceptors (Lipinski definition) is 2. The first kappa shape index (κ1) is 11.1. The molecule has 1 aliphatic rings. The van der Waals surface area contributed by atoms with Gasteiger partial charge in [-0.15, -0.1) is 0 Å². The van der Waals surface area contributed by atoms with Crippen molar-refractivity contribution in [2.45, 2.75) is 38.5 Å². The molecule has 0 heterocycles. The van der Waals surface area contributed by atoms with Crippen LogP contribution < -0.4 is 5.32 Å². The molecule has 2 rings (SSSR count). The van der Waals surface area contributed by atoms with Crippen LogP contribution >= 0.6 is 15.9 Å². The van der Waals surface area contributed by atoms with E-state index >= 15 is 0 Å². The normalized spacial score (nSPS) is 25.0. The van der Waals surface area contributed by atoms with E-state index in [0.29, 0.717) is 6.04 Å². The van der Waals surface area contributed by atoms with Gasteiger partial charge in [-0.25, -0.2) is 0 Å². The topological polar surface area (TPSA) is 32.3 Å². The molecule has 2 N–H and O–H groups in total. The van der Waals surface area contributed by atoms with Gasteiger partial charge < -0.3 is 10.4 Å². The molecule has 0 spiro atoms. The van der Waals surface area contributed by atoms with Gasteiger partial charge >= 0.3 is 0 Å². The first-order valence-electron chi connectivity index (χ1n) is 5.31. The fourth-order valence-electron chi connectivity index (χ4n) is 1.80. The van der Waals surface area contributed by atoms with Crippen LogP contribution in [0.15, 0.2) is 22.7 Å². The quantitative estimate of drug-likeness (QED) is 0.883. The van der Waals surface area contributed by atoms with Crippen molar-refractivity contribution in [1.82, 2.24) is 5.32 Å². The third-order valence-corrected chi connectivity index (χ3v) is 3.64. The minimum Gasteiger partial charge on any atom is -0.393 e. The van der Waals surface area contributed by atoms with Crippen molar-refractivity contribution in [2.24, 2.45) is 0 Å². The maximum absolute atomic E-state index is 9.16. The van der Waals surface area contributed by atoms with Gasteiger partial charge in [-0.2, -0.15) is 0 Å². The van der Waals surface area contributed by atoms with Crippen molar-refractivity contribution < 1.29 is 5.11 Å². The van der Waals surface area contributed by atoms with Crippen LogP contribution in [0, 0.1) is 6.92 Å². The van der Waals surface area contributed by atoms with E-state index in [-0.39, 0.29) is 6.10 Å². The summed E-state index contributed by atoms with van der Waals surface area (Å²) < 4.78 is 1.16. The number of aliphatic hydroxyl groups excluding tert-OH is 1. The lowest BCUT2D eigenvalue weighted by atomic mass is 9.89. The van der Waals surface area contributed by atoms with Gasteiger partial charge in [0.1, 0.15) is 0 Å². The Kier molecular flexibility index (Phi) is 3.44. The van der Waals surface area contributed by atoms with Crippen molar-refractivity contribution in [3.8, 4) is 0 Å². The molecule has 1 fully saturated rings. The van der Waals surface area contributed by atoms with Crippen LogP contribution in [0.1, 0.15) is 24.0 Å². The fraction of sp³-hybridized carbons (Fsp3) is 0.500. The number of aryl methyl sites for hydroxylation is 1. The molecule has 1 aliphatic carbocycles. The van der Waals surface area contributed by atoms with Crippen LogP contribution in [0.5, 0.6) is 0 Å². The first-order valence-corrected chi connectivity index (χ1v) is 6.11. The van der Waals surface area contributed by atoms with Gasteiger partial charge in [0.25, 0.3) is 0 Å². The Morgan fingerprint density at radius 2 is 2.20 bits per heavy atom. The molecule has 0 aliphatic heterocycles. The summed E-state index contributed by atoms with van der Waals surface area (Å²) >= 11 is 3.56. The summed E-state index contributed by atoms with van der Waals surface area (Å²) in [7, 11) is 0. The maximum atomic E-state index is 9.16. The minimum atomic E-state index is -0.0797. The highest BCUT2D eigenvalue weighted by Gasteiger charge is 2.26. The maximum Gasteiger partial charge on any atom is 0.0570 e. The van der Waals surface area contributed by atoms with Crippen molar-refractivity contribution in [1.29, 1.82) is 0 Å². The van der Waals surface area contributed by atoms with Gasteiger partial charge in [0.2, 0.25) is 0 Å². The Balaban J connectivity index is 1.88. The van der Waals surface area contributed by atoms with E-state index in [2.05, 4.69) is 46.4 Å². The molecule has 82 valence electrons. The van der Waals surface area contributed by atoms with Gasteiger partial charge in [0.15, 0.2) is 0 Å². The zero-order valence-corrected chi connectivity index (χ0v) is 10.4. The van der Waals surface area contributed by atoms with E-state index in [0.717, 1.165) is 23.9 Å². The van der Waals surface area contributed by atoms with Crippen molar-refractivity contribution in [3.63, 3.8) is 0 Å². The van der Waals surface area contributed by atoms with E-state index in [1.807, 2.05) is 0 Å². The average molecular weight is 270 g/mol. The second kappa shape index (κ2) is 4.64. The number of rotatable bonds is 3. The predicted molar refractivity (Wildman–Crippen MR) is 64.7 cm³/mol. The number of benzene rings is 1. The highest BCUT2D eigenvalue weighted by Crippen LogP contribution is 2.22. The molecule has 0 aromatic heterocycles. The molecule has 15 heavy (non-hydrogen) atoms. The molecule has 0 atom stereocenters. The van der Waals surface area contributed by atoms with Gasteiger partial charge in [-0.05, 0) is 37.0 Å². The third-order valence-electron chi connectivity index (χ3n) is 2.90. The number of nitrogens with one attached hydrogen (secondary N) is 1. The van der Waals surface area contributed by atoms with Crippen LogP contribution in [-0.2, 0) is 6.54 Å². The summed E-state index contributed by atoms with van der Waals surface area (Å²) in [6, 6.07) is 6.89. The lowest BCUT2D eigenvalue weighted by molar-refractivity contribution is 0.0619. The van der Waals surface area contributed by atoms with Gasteiger partial charge in [-0.3, -0.25) is 0 Å². The summed E-state index contributed by atoms with van der Waals surface area (Å²) in [5, 5.41) is 12.6. The molecule has 1 aromatic carbocycles. The second-order valence-electron chi connectivity index (χ2n) is 4.30. The number of aliphatic hydroxyl groups is 1. The highest BCUT2D eigenvalue weighted by atomic mass is 79.9. The van der Waals surface area contributed by atoms with Crippen molar-refractivity contribution in [3.05, 3.63) is 33.8 Å². The smallest absolute Gasteiger partial charge is 0.0570 e. The Bertz CT molecular complexity index is 347. The molecule has 1 saturated carbocycles. The molecule has 0 saturated heterocycles. The largest absolute Gasteiger partial charge is 0.393 e. The lowest BCUT2D eigenvalue weighted by Gasteiger charge is -2.32. The molecular weight excluding hydrogens is 254 g/mol. The van der Waals surface area contributed by atoms with Crippen LogP contribution in [0.3, 0.4) is 0 Å². The van der Waals surface area contributed by atoms with E-state index in [1.165, 1.54) is 11.1 Å². The van der Waals surface area contributed by atoms with Crippen LogP contribution in [0.25, 0.3) is 0 Å². The third kappa shape index (κ3) is 2.80. The van der Waals surface area contributed by atoms with Gasteiger partial charge in [0.05, 0.1) is 6.10 Å². The number of halogens is 1. The zero-order valence-electron chi connectivity index (χ0n) is 8.83. The Morgan fingerprint density at radius 3 is 2.80 bits per heavy atom. The summed E-state index contributed by atoms with van der Waals surface area (Å²) in [4.78, 5) is 0. The molecule has 0 amide bonds. The van der Waals surface area contributed by atoms with E-state index in [1.54, 1.807) is 0 Å². The highest BCUT2D eigenvalue weighted by molar-refractivity contribution is 9.10. The Labute approximate surface area is 98.8 Å². The summed E-state index contributed by atoms with van der Waals surface area (Å²) in [5.41, 5.74) is 2.55. The molecule has 0 unspecified atom stereocenters. The first-order chi connectivity index (χ1) is 7.15. The van der Waals surface area contributed by atoms with Crippen molar-refractivity contribution >= 4 is 15.9 Å². The standard InChI is InChI=1S/C12H16BrNO/c1-8-2-3-9(12(13)4-8)7-14-10-5-11(15)6-10/h2-4,10-11,14-15H,5-7H2,1H3. The van der Waals surface area contributed by atoms with Crippen LogP contribution in [0.2, 0.25) is 0 Å². The SMILES string of the molecule is Cc1ccc(CNC2CC(O)C2)c(Br)c1. The Hall–Kier alpha value is -0.380. The minimum absolute atomic E-state index is 0.0797. The number of hydrogen-bond donors (Lipinski definition) is 2. The zero-order chi connectivity index (χ0) is 10.8. The molecule has 2 nitrogen and oxygen atoms in total. The molecule has 0 bridgehead atoms. The molecule has 0 radical (unpaired) electrons. The predicted octanol–water partition coefficient (Wildman–Crippen LogP) is 2.37. The monoisotopic (exact) mass is 269 g/mol. The average Bonchev–Trinajstić information content (AvgIpc) is 2.13. The van der Waals surface area contributed by atoms with E-state index in [4.69, 9.17) is 5.11 Å².